The molecule has 1 aromatic rings. The number of hydrogen-bond donors (Lipinski definition) is 0. The van der Waals surface area contributed by atoms with Crippen molar-refractivity contribution in [2.24, 2.45) is 3.77 Å². The van der Waals surface area contributed by atoms with E-state index in [1.54, 1.807) is 0 Å². The lowest BCUT2D eigenvalue weighted by Crippen LogP contribution is -2.07. The van der Waals surface area contributed by atoms with Gasteiger partial charge in [-0.1, -0.05) is 22.3 Å². The molecule has 1 heterocycles. The van der Waals surface area contributed by atoms with Crippen molar-refractivity contribution in [3.8, 4) is 0 Å². The maximum Gasteiger partial charge on any atom is 0.347 e. The summed E-state index contributed by atoms with van der Waals surface area (Å²) < 4.78 is 36.9. The van der Waals surface area contributed by atoms with E-state index in [-0.39, 0.29) is 10.8 Å². The molecular weight excluding hydrogens is 295 g/mol. The molecule has 1 atom stereocenters. The second-order valence-corrected chi connectivity index (χ2v) is 8.03. The molecule has 1 unspecified atom stereocenters. The molecule has 0 bridgehead atoms. The van der Waals surface area contributed by atoms with Crippen LogP contribution in [-0.2, 0) is 19.0 Å². The van der Waals surface area contributed by atoms with Gasteiger partial charge < -0.3 is 0 Å². The third kappa shape index (κ3) is 3.58. The molecule has 90 valence electrons. The van der Waals surface area contributed by atoms with Crippen LogP contribution >= 0.6 is 22.3 Å². The Kier molecular flexibility index (Phi) is 4.17. The maximum atomic E-state index is 12.1. The average Bonchev–Trinajstić information content (AvgIpc) is 2.16. The Hall–Kier alpha value is -0.370. The van der Waals surface area contributed by atoms with Crippen LogP contribution in [0.5, 0.6) is 0 Å². The Morgan fingerprint density at radius 3 is 2.38 bits per heavy atom. The topological polar surface area (TPSA) is 76.5 Å². The number of halogens is 2. The molecule has 0 aliphatic rings. The summed E-state index contributed by atoms with van der Waals surface area (Å²) in [5, 5.41) is 0.402. The lowest BCUT2D eigenvalue weighted by Gasteiger charge is -2.04. The van der Waals surface area contributed by atoms with Crippen LogP contribution in [0.1, 0.15) is 6.92 Å². The van der Waals surface area contributed by atoms with Crippen LogP contribution in [0, 0.1) is 0 Å². The lowest BCUT2D eigenvalue weighted by molar-refractivity contribution is 0.611. The summed E-state index contributed by atoms with van der Waals surface area (Å²) in [6.45, 7) is 1.53. The maximum absolute atomic E-state index is 12.1. The molecule has 0 radical (unpaired) electrons. The zero-order valence-electron chi connectivity index (χ0n) is 8.13. The molecule has 0 fully saturated rings. The second kappa shape index (κ2) is 4.87. The highest BCUT2D eigenvalue weighted by Gasteiger charge is 2.16. The quantitative estimate of drug-likeness (QED) is 0.801. The van der Waals surface area contributed by atoms with Crippen LogP contribution in [0.4, 0.5) is 0 Å². The highest BCUT2D eigenvalue weighted by molar-refractivity contribution is 8.17. The molecule has 0 saturated heterocycles. The van der Waals surface area contributed by atoms with Crippen LogP contribution in [0.15, 0.2) is 27.1 Å². The molecule has 1 rings (SSSR count). The minimum absolute atomic E-state index is 0.00637. The summed E-state index contributed by atoms with van der Waals surface area (Å²) in [5.41, 5.74) is 0. The molecule has 1 aromatic heterocycles. The van der Waals surface area contributed by atoms with Crippen LogP contribution in [0.2, 0.25) is 5.02 Å². The molecule has 0 spiro atoms. The third-order valence-corrected chi connectivity index (χ3v) is 5.71. The molecule has 9 heteroatoms. The fraction of sp³-hybridized carbons (Fsp3) is 0.286. The SMILES string of the molecule is CCS(=O)(=NS(=O)(=O)Cl)c1ccc(Cl)cn1. The van der Waals surface area contributed by atoms with Crippen LogP contribution in [-0.4, -0.2) is 23.4 Å². The fourth-order valence-electron chi connectivity index (χ4n) is 0.934. The van der Waals surface area contributed by atoms with Crippen molar-refractivity contribution in [3.63, 3.8) is 0 Å². The standard InChI is InChI=1S/C7H8Cl2N2O3S2/c1-2-15(12,11-16(9,13)14)7-4-3-6(8)5-10-7/h3-5H,2H2,1H3. The first-order chi connectivity index (χ1) is 7.27. The second-order valence-electron chi connectivity index (χ2n) is 2.73. The van der Waals surface area contributed by atoms with Crippen molar-refractivity contribution in [1.82, 2.24) is 4.98 Å². The van der Waals surface area contributed by atoms with Gasteiger partial charge in [-0.2, -0.15) is 8.42 Å². The number of aromatic nitrogens is 1. The summed E-state index contributed by atoms with van der Waals surface area (Å²) >= 11 is 5.61. The van der Waals surface area contributed by atoms with Crippen LogP contribution in [0.25, 0.3) is 0 Å². The van der Waals surface area contributed by atoms with Crippen molar-refractivity contribution in [2.45, 2.75) is 11.9 Å². The molecule has 0 aliphatic carbocycles. The zero-order chi connectivity index (χ0) is 12.4. The van der Waals surface area contributed by atoms with Crippen molar-refractivity contribution < 1.29 is 12.6 Å². The van der Waals surface area contributed by atoms with E-state index in [0.29, 0.717) is 5.02 Å². The number of rotatable bonds is 3. The summed E-state index contributed by atoms with van der Waals surface area (Å²) in [6.07, 6.45) is 1.27. The fourth-order valence-corrected chi connectivity index (χ4v) is 4.54. The molecule has 0 aromatic carbocycles. The van der Waals surface area contributed by atoms with Gasteiger partial charge in [0, 0.05) is 22.6 Å². The molecule has 0 amide bonds. The van der Waals surface area contributed by atoms with Crippen LogP contribution < -0.4 is 0 Å². The van der Waals surface area contributed by atoms with E-state index in [2.05, 4.69) is 8.75 Å². The Morgan fingerprint density at radius 1 is 1.38 bits per heavy atom. The van der Waals surface area contributed by atoms with E-state index in [9.17, 15) is 12.6 Å². The predicted molar refractivity (Wildman–Crippen MR) is 63.4 cm³/mol. The van der Waals surface area contributed by atoms with E-state index in [0.717, 1.165) is 0 Å². The van der Waals surface area contributed by atoms with Gasteiger partial charge >= 0.3 is 9.24 Å². The van der Waals surface area contributed by atoms with Gasteiger partial charge in [-0.3, -0.25) is 0 Å². The van der Waals surface area contributed by atoms with Gasteiger partial charge in [-0.25, -0.2) is 9.19 Å². The lowest BCUT2D eigenvalue weighted by atomic mass is 10.5. The largest absolute Gasteiger partial charge is 0.347 e. The van der Waals surface area contributed by atoms with E-state index in [1.807, 2.05) is 0 Å². The van der Waals surface area contributed by atoms with Gasteiger partial charge in [0.1, 0.15) is 14.8 Å². The third-order valence-electron chi connectivity index (χ3n) is 1.63. The number of nitrogens with zero attached hydrogens (tertiary/aromatic N) is 2. The normalized spacial score (nSPS) is 15.4. The van der Waals surface area contributed by atoms with Crippen molar-refractivity contribution in [3.05, 3.63) is 23.4 Å². The molecule has 0 saturated carbocycles. The van der Waals surface area contributed by atoms with Gasteiger partial charge in [-0.15, -0.1) is 0 Å². The van der Waals surface area contributed by atoms with Gasteiger partial charge in [0.25, 0.3) is 0 Å². The van der Waals surface area contributed by atoms with Crippen molar-refractivity contribution in [1.29, 1.82) is 0 Å². The molecule has 0 N–H and O–H groups in total. The van der Waals surface area contributed by atoms with Gasteiger partial charge in [0.2, 0.25) is 0 Å². The van der Waals surface area contributed by atoms with E-state index < -0.39 is 19.0 Å². The minimum Gasteiger partial charge on any atom is -0.245 e. The van der Waals surface area contributed by atoms with Gasteiger partial charge in [0.15, 0.2) is 0 Å². The summed E-state index contributed by atoms with van der Waals surface area (Å²) in [6, 6.07) is 2.81. The monoisotopic (exact) mass is 302 g/mol. The Labute approximate surface area is 104 Å². The highest BCUT2D eigenvalue weighted by atomic mass is 35.7. The highest BCUT2D eigenvalue weighted by Crippen LogP contribution is 2.17. The first kappa shape index (κ1) is 13.7. The van der Waals surface area contributed by atoms with Gasteiger partial charge in [0.05, 0.1) is 5.02 Å². The summed E-state index contributed by atoms with van der Waals surface area (Å²) in [4.78, 5) is 3.78. The summed E-state index contributed by atoms with van der Waals surface area (Å²) in [5.74, 6) is -0.00637. The smallest absolute Gasteiger partial charge is 0.245 e. The van der Waals surface area contributed by atoms with E-state index >= 15 is 0 Å². The average molecular weight is 303 g/mol. The Morgan fingerprint density at radius 2 is 2.00 bits per heavy atom. The molecule has 16 heavy (non-hydrogen) atoms. The van der Waals surface area contributed by atoms with Crippen LogP contribution in [0.3, 0.4) is 0 Å². The Balaban J connectivity index is 3.43. The first-order valence-corrected chi connectivity index (χ1v) is 8.42. The Bertz CT molecular complexity index is 589. The number of pyridine rings is 1. The minimum atomic E-state index is -4.20. The summed E-state index contributed by atoms with van der Waals surface area (Å²) in [7, 11) is -2.40. The first-order valence-electron chi connectivity index (χ1n) is 4.09. The molecular formula is C7H8Cl2N2O3S2. The van der Waals surface area contributed by atoms with E-state index in [1.165, 1.54) is 25.3 Å². The van der Waals surface area contributed by atoms with E-state index in [4.69, 9.17) is 22.3 Å². The molecule has 5 nitrogen and oxygen atoms in total. The zero-order valence-corrected chi connectivity index (χ0v) is 11.3. The number of hydrogen-bond acceptors (Lipinski definition) is 4. The predicted octanol–water partition coefficient (Wildman–Crippen LogP) is 2.07. The van der Waals surface area contributed by atoms with Crippen molar-refractivity contribution >= 4 is 41.2 Å². The van der Waals surface area contributed by atoms with Crippen molar-refractivity contribution in [2.75, 3.05) is 5.75 Å². The van der Waals surface area contributed by atoms with Gasteiger partial charge in [-0.05, 0) is 12.1 Å². The molecule has 0 aliphatic heterocycles.